The second-order valence-electron chi connectivity index (χ2n) is 3.55. The first-order valence-corrected chi connectivity index (χ1v) is 7.67. The molecular formula is C11H11Br2NO5S. The highest BCUT2D eigenvalue weighted by atomic mass is 79.9. The Kier molecular flexibility index (Phi) is 6.63. The van der Waals surface area contributed by atoms with Gasteiger partial charge in [-0.1, -0.05) is 0 Å². The predicted octanol–water partition coefficient (Wildman–Crippen LogP) is 2.06. The van der Waals surface area contributed by atoms with Crippen LogP contribution in [0.5, 0.6) is 0 Å². The first kappa shape index (κ1) is 17.1. The van der Waals surface area contributed by atoms with E-state index < -0.39 is 17.8 Å². The number of nitrogens with zero attached hydrogens (tertiary/aromatic N) is 1. The third-order valence-corrected chi connectivity index (χ3v) is 5.48. The zero-order valence-corrected chi connectivity index (χ0v) is 14.6. The largest absolute Gasteiger partial charge is 0.468 e. The molecule has 0 spiro atoms. The van der Waals surface area contributed by atoms with E-state index in [9.17, 15) is 14.4 Å². The zero-order valence-electron chi connectivity index (χ0n) is 10.6. The third kappa shape index (κ3) is 4.57. The van der Waals surface area contributed by atoms with Crippen LogP contribution < -0.4 is 0 Å². The summed E-state index contributed by atoms with van der Waals surface area (Å²) < 4.78 is 10.5. The Bertz CT molecular complexity index is 493. The molecule has 20 heavy (non-hydrogen) atoms. The van der Waals surface area contributed by atoms with Crippen molar-refractivity contribution in [2.45, 2.75) is 0 Å². The lowest BCUT2D eigenvalue weighted by molar-refractivity contribution is -0.144. The third-order valence-electron chi connectivity index (χ3n) is 2.24. The molecule has 1 heterocycles. The summed E-state index contributed by atoms with van der Waals surface area (Å²) in [6.45, 7) is -0.644. The molecule has 0 bridgehead atoms. The summed E-state index contributed by atoms with van der Waals surface area (Å²) in [5.41, 5.74) is 0. The Labute approximate surface area is 136 Å². The van der Waals surface area contributed by atoms with Crippen molar-refractivity contribution in [3.63, 3.8) is 0 Å². The lowest BCUT2D eigenvalue weighted by atomic mass is 10.3. The van der Waals surface area contributed by atoms with Gasteiger partial charge in [-0.25, -0.2) is 0 Å². The second-order valence-corrected chi connectivity index (χ2v) is 6.77. The normalized spacial score (nSPS) is 10.0. The second kappa shape index (κ2) is 7.75. The number of hydrogen-bond acceptors (Lipinski definition) is 6. The first-order valence-electron chi connectivity index (χ1n) is 5.26. The quantitative estimate of drug-likeness (QED) is 0.671. The number of amides is 1. The van der Waals surface area contributed by atoms with Crippen LogP contribution in [0.15, 0.2) is 14.3 Å². The van der Waals surface area contributed by atoms with Crippen LogP contribution in [-0.2, 0) is 19.1 Å². The van der Waals surface area contributed by atoms with Crippen molar-refractivity contribution in [2.24, 2.45) is 0 Å². The van der Waals surface area contributed by atoms with Gasteiger partial charge < -0.3 is 14.4 Å². The van der Waals surface area contributed by atoms with Crippen LogP contribution in [-0.4, -0.2) is 50.1 Å². The number of carbonyl (C=O) groups is 3. The minimum atomic E-state index is -0.614. The molecule has 0 fully saturated rings. The average Bonchev–Trinajstić information content (AvgIpc) is 2.76. The van der Waals surface area contributed by atoms with E-state index in [-0.39, 0.29) is 13.1 Å². The summed E-state index contributed by atoms with van der Waals surface area (Å²) >= 11 is 7.75. The molecule has 0 aromatic carbocycles. The van der Waals surface area contributed by atoms with Gasteiger partial charge in [-0.3, -0.25) is 14.4 Å². The maximum absolute atomic E-state index is 12.3. The van der Waals surface area contributed by atoms with Gasteiger partial charge in [0.2, 0.25) is 0 Å². The molecular weight excluding hydrogens is 418 g/mol. The van der Waals surface area contributed by atoms with Crippen LogP contribution in [0.4, 0.5) is 0 Å². The zero-order chi connectivity index (χ0) is 15.3. The molecule has 0 aliphatic rings. The van der Waals surface area contributed by atoms with Crippen molar-refractivity contribution in [2.75, 3.05) is 27.3 Å². The lowest BCUT2D eigenvalue weighted by Crippen LogP contribution is -2.39. The molecule has 1 aromatic rings. The number of rotatable bonds is 5. The van der Waals surface area contributed by atoms with Crippen molar-refractivity contribution in [1.82, 2.24) is 4.90 Å². The summed E-state index contributed by atoms with van der Waals surface area (Å²) in [6.07, 6.45) is 0. The Hall–Kier alpha value is -0.930. The number of hydrogen-bond donors (Lipinski definition) is 0. The van der Waals surface area contributed by atoms with E-state index in [2.05, 4.69) is 41.3 Å². The Morgan fingerprint density at radius 1 is 1.15 bits per heavy atom. The van der Waals surface area contributed by atoms with Gasteiger partial charge in [-0.2, -0.15) is 0 Å². The first-order chi connectivity index (χ1) is 9.38. The van der Waals surface area contributed by atoms with E-state index in [1.54, 1.807) is 6.07 Å². The number of ether oxygens (including phenoxy) is 2. The van der Waals surface area contributed by atoms with Crippen molar-refractivity contribution >= 4 is 61.0 Å². The predicted molar refractivity (Wildman–Crippen MR) is 79.7 cm³/mol. The molecule has 1 amide bonds. The van der Waals surface area contributed by atoms with E-state index in [1.807, 2.05) is 0 Å². The van der Waals surface area contributed by atoms with E-state index in [1.165, 1.54) is 25.6 Å². The van der Waals surface area contributed by atoms with E-state index in [0.717, 1.165) is 13.2 Å². The fourth-order valence-corrected chi connectivity index (χ4v) is 3.25. The van der Waals surface area contributed by atoms with Crippen molar-refractivity contribution < 1.29 is 23.9 Å². The van der Waals surface area contributed by atoms with Gasteiger partial charge in [0.15, 0.2) is 0 Å². The topological polar surface area (TPSA) is 72.9 Å². The summed E-state index contributed by atoms with van der Waals surface area (Å²) in [7, 11) is 2.42. The SMILES string of the molecule is COC(=O)CN(CC(=O)OC)C(=O)c1cc(Br)c(Br)s1. The molecule has 0 unspecified atom stereocenters. The molecule has 0 saturated heterocycles. The number of thiophene rings is 1. The van der Waals surface area contributed by atoms with Gasteiger partial charge >= 0.3 is 11.9 Å². The van der Waals surface area contributed by atoms with Gasteiger partial charge in [0.05, 0.1) is 22.9 Å². The van der Waals surface area contributed by atoms with Gasteiger partial charge in [0.1, 0.15) is 13.1 Å². The number of halogens is 2. The van der Waals surface area contributed by atoms with Crippen LogP contribution in [0.1, 0.15) is 9.67 Å². The fraction of sp³-hybridized carbons (Fsp3) is 0.364. The van der Waals surface area contributed by atoms with Crippen molar-refractivity contribution in [3.05, 3.63) is 19.2 Å². The van der Waals surface area contributed by atoms with Gasteiger partial charge in [-0.15, -0.1) is 11.3 Å². The van der Waals surface area contributed by atoms with Gasteiger partial charge in [0, 0.05) is 4.47 Å². The maximum atomic E-state index is 12.3. The monoisotopic (exact) mass is 427 g/mol. The molecule has 0 N–H and O–H groups in total. The molecule has 1 rings (SSSR count). The minimum Gasteiger partial charge on any atom is -0.468 e. The standard InChI is InChI=1S/C11H11Br2NO5S/c1-18-8(15)4-14(5-9(16)19-2)11(17)7-3-6(12)10(13)20-7/h3H,4-5H2,1-2H3. The molecule has 0 aliphatic carbocycles. The molecule has 0 saturated carbocycles. The summed E-state index contributed by atoms with van der Waals surface area (Å²) in [6, 6.07) is 1.61. The molecule has 1 aromatic heterocycles. The molecule has 6 nitrogen and oxygen atoms in total. The van der Waals surface area contributed by atoms with Crippen LogP contribution in [0, 0.1) is 0 Å². The Morgan fingerprint density at radius 2 is 1.65 bits per heavy atom. The highest BCUT2D eigenvalue weighted by molar-refractivity contribution is 9.13. The molecule has 0 radical (unpaired) electrons. The Morgan fingerprint density at radius 3 is 2.00 bits per heavy atom. The summed E-state index contributed by atoms with van der Waals surface area (Å²) in [4.78, 5) is 36.4. The van der Waals surface area contributed by atoms with Crippen LogP contribution in [0.2, 0.25) is 0 Å². The number of methoxy groups -OCH3 is 2. The van der Waals surface area contributed by atoms with Crippen LogP contribution in [0.25, 0.3) is 0 Å². The molecule has 0 aliphatic heterocycles. The molecule has 0 atom stereocenters. The maximum Gasteiger partial charge on any atom is 0.325 e. The van der Waals surface area contributed by atoms with Crippen molar-refractivity contribution in [3.8, 4) is 0 Å². The smallest absolute Gasteiger partial charge is 0.325 e. The Balaban J connectivity index is 2.93. The van der Waals surface area contributed by atoms with E-state index >= 15 is 0 Å². The van der Waals surface area contributed by atoms with E-state index in [4.69, 9.17) is 0 Å². The summed E-state index contributed by atoms with van der Waals surface area (Å²) in [5, 5.41) is 0. The highest BCUT2D eigenvalue weighted by Crippen LogP contribution is 2.32. The highest BCUT2D eigenvalue weighted by Gasteiger charge is 2.24. The molecule has 110 valence electrons. The van der Waals surface area contributed by atoms with Gasteiger partial charge in [-0.05, 0) is 37.9 Å². The van der Waals surface area contributed by atoms with Crippen molar-refractivity contribution in [1.29, 1.82) is 0 Å². The average molecular weight is 429 g/mol. The summed E-state index contributed by atoms with van der Waals surface area (Å²) in [5.74, 6) is -1.67. The minimum absolute atomic E-state index is 0.322. The van der Waals surface area contributed by atoms with Crippen LogP contribution >= 0.6 is 43.2 Å². The van der Waals surface area contributed by atoms with Crippen LogP contribution in [0.3, 0.4) is 0 Å². The van der Waals surface area contributed by atoms with E-state index in [0.29, 0.717) is 4.88 Å². The fourth-order valence-electron chi connectivity index (χ4n) is 1.25. The number of carbonyl (C=O) groups excluding carboxylic acids is 3. The van der Waals surface area contributed by atoms with Gasteiger partial charge in [0.25, 0.3) is 5.91 Å². The number of esters is 2. The lowest BCUT2D eigenvalue weighted by Gasteiger charge is -2.19. The molecule has 9 heteroatoms.